The molecule has 2 atom stereocenters. The molecule has 120 valence electrons. The van der Waals surface area contributed by atoms with Crippen molar-refractivity contribution in [2.45, 2.75) is 39.2 Å². The fourth-order valence-corrected chi connectivity index (χ4v) is 5.38. The number of sulfone groups is 1. The molecule has 0 aliphatic carbocycles. The van der Waals surface area contributed by atoms with Gasteiger partial charge in [0.05, 0.1) is 6.42 Å². The number of amides is 1. The molecule has 2 fully saturated rings. The summed E-state index contributed by atoms with van der Waals surface area (Å²) >= 11 is 22.7. The van der Waals surface area contributed by atoms with E-state index in [9.17, 15) is 18.0 Å². The summed E-state index contributed by atoms with van der Waals surface area (Å²) in [7, 11) is -3.83. The Kier molecular flexibility index (Phi) is 3.95. The molecule has 2 saturated heterocycles. The van der Waals surface area contributed by atoms with E-state index in [0.29, 0.717) is 0 Å². The van der Waals surface area contributed by atoms with E-state index in [1.807, 2.05) is 0 Å². The van der Waals surface area contributed by atoms with Gasteiger partial charge in [0.2, 0.25) is 14.7 Å². The molecule has 0 unspecified atom stereocenters. The second-order valence-corrected chi connectivity index (χ2v) is 11.0. The summed E-state index contributed by atoms with van der Waals surface area (Å²) < 4.78 is 26.0. The number of esters is 1. The van der Waals surface area contributed by atoms with Gasteiger partial charge in [-0.2, -0.15) is 0 Å². The first-order chi connectivity index (χ1) is 9.27. The Bertz CT molecular complexity index is 613. The number of β-lactam (4-membered cyclic amide) rings is 1. The number of carbonyl (C=O) groups excluding carboxylic acids is 2. The molecule has 1 amide bonds. The van der Waals surface area contributed by atoms with E-state index in [1.165, 1.54) is 13.8 Å². The van der Waals surface area contributed by atoms with Crippen LogP contribution in [0.5, 0.6) is 0 Å². The molecule has 0 aromatic carbocycles. The van der Waals surface area contributed by atoms with Crippen LogP contribution in [-0.4, -0.2) is 50.7 Å². The molecule has 0 aromatic rings. The Morgan fingerprint density at radius 3 is 2.38 bits per heavy atom. The Hall–Kier alpha value is 0.0500. The first-order valence-electron chi connectivity index (χ1n) is 5.75. The van der Waals surface area contributed by atoms with Gasteiger partial charge in [0.25, 0.3) is 0 Å². The minimum Gasteiger partial charge on any atom is -0.458 e. The van der Waals surface area contributed by atoms with Crippen molar-refractivity contribution in [3.8, 4) is 0 Å². The maximum Gasteiger partial charge on any atom is 0.349 e. The van der Waals surface area contributed by atoms with E-state index in [1.54, 1.807) is 0 Å². The third-order valence-corrected chi connectivity index (χ3v) is 7.80. The zero-order valence-corrected chi connectivity index (χ0v) is 14.7. The maximum absolute atomic E-state index is 12.4. The van der Waals surface area contributed by atoms with E-state index in [-0.39, 0.29) is 6.42 Å². The zero-order valence-electron chi connectivity index (χ0n) is 10.9. The third kappa shape index (κ3) is 2.24. The first kappa shape index (κ1) is 17.4. The predicted octanol–water partition coefficient (Wildman–Crippen LogP) is 1.60. The lowest BCUT2D eigenvalue weighted by Gasteiger charge is -2.41. The summed E-state index contributed by atoms with van der Waals surface area (Å²) in [4.78, 5) is 22.6. The Balaban J connectivity index is 2.40. The first-order valence-corrected chi connectivity index (χ1v) is 8.81. The second kappa shape index (κ2) is 4.77. The van der Waals surface area contributed by atoms with Crippen molar-refractivity contribution in [1.29, 1.82) is 0 Å². The average molecular weight is 399 g/mol. The number of ether oxygens (including phenoxy) is 1. The van der Waals surface area contributed by atoms with Gasteiger partial charge in [-0.3, -0.25) is 9.69 Å². The van der Waals surface area contributed by atoms with Gasteiger partial charge in [-0.1, -0.05) is 46.4 Å². The molecule has 2 aliphatic rings. The van der Waals surface area contributed by atoms with Gasteiger partial charge in [-0.05, 0) is 13.8 Å². The van der Waals surface area contributed by atoms with Crippen molar-refractivity contribution in [3.63, 3.8) is 0 Å². The fraction of sp³-hybridized carbons (Fsp3) is 0.800. The van der Waals surface area contributed by atoms with Gasteiger partial charge in [0.1, 0.15) is 16.7 Å². The third-order valence-electron chi connectivity index (χ3n) is 3.74. The summed E-state index contributed by atoms with van der Waals surface area (Å²) in [6.07, 6.45) is -0.210. The molecular formula is C10H11Cl4NO5S. The largest absolute Gasteiger partial charge is 0.458 e. The van der Waals surface area contributed by atoms with Gasteiger partial charge in [-0.15, -0.1) is 0 Å². The SMILES string of the molecule is CC1(C)[C@](Cl)(C(=O)OCC(Cl)(Cl)Cl)N2C(=O)C[C@H]2S1(=O)=O. The van der Waals surface area contributed by atoms with Crippen molar-refractivity contribution < 1.29 is 22.7 Å². The average Bonchev–Trinajstić information content (AvgIpc) is 2.39. The Labute approximate surface area is 141 Å². The van der Waals surface area contributed by atoms with Gasteiger partial charge >= 0.3 is 5.97 Å². The summed E-state index contributed by atoms with van der Waals surface area (Å²) in [5.41, 5.74) is 0. The summed E-state index contributed by atoms with van der Waals surface area (Å²) in [5, 5.41) is -1.13. The molecule has 0 spiro atoms. The lowest BCUT2D eigenvalue weighted by atomic mass is 9.97. The second-order valence-electron chi connectivity index (χ2n) is 5.29. The molecule has 0 N–H and O–H groups in total. The van der Waals surface area contributed by atoms with Crippen LogP contribution in [0.25, 0.3) is 0 Å². The van der Waals surface area contributed by atoms with Gasteiger partial charge in [0.15, 0.2) is 9.84 Å². The van der Waals surface area contributed by atoms with Crippen LogP contribution in [0.1, 0.15) is 20.3 Å². The number of hydrogen-bond donors (Lipinski definition) is 0. The van der Waals surface area contributed by atoms with E-state index in [4.69, 9.17) is 51.1 Å². The van der Waals surface area contributed by atoms with Crippen molar-refractivity contribution in [3.05, 3.63) is 0 Å². The van der Waals surface area contributed by atoms with E-state index in [0.717, 1.165) is 4.90 Å². The van der Waals surface area contributed by atoms with Crippen LogP contribution >= 0.6 is 46.4 Å². The van der Waals surface area contributed by atoms with Crippen LogP contribution < -0.4 is 0 Å². The van der Waals surface area contributed by atoms with Crippen molar-refractivity contribution >= 4 is 68.1 Å². The van der Waals surface area contributed by atoms with Crippen molar-refractivity contribution in [2.24, 2.45) is 0 Å². The van der Waals surface area contributed by atoms with Crippen LogP contribution in [0, 0.1) is 0 Å². The maximum atomic E-state index is 12.4. The van der Waals surface area contributed by atoms with Crippen molar-refractivity contribution in [2.75, 3.05) is 6.61 Å². The Morgan fingerprint density at radius 2 is 1.95 bits per heavy atom. The fourth-order valence-electron chi connectivity index (χ4n) is 2.41. The molecule has 6 nitrogen and oxygen atoms in total. The highest BCUT2D eigenvalue weighted by molar-refractivity contribution is 7.94. The smallest absolute Gasteiger partial charge is 0.349 e. The van der Waals surface area contributed by atoms with Crippen LogP contribution in [0.4, 0.5) is 0 Å². The summed E-state index contributed by atoms with van der Waals surface area (Å²) in [6.45, 7) is 1.91. The number of alkyl halides is 4. The van der Waals surface area contributed by atoms with Crippen molar-refractivity contribution in [1.82, 2.24) is 4.90 Å². The molecule has 2 heterocycles. The molecule has 11 heteroatoms. The van der Waals surface area contributed by atoms with Crippen LogP contribution in [0.15, 0.2) is 0 Å². The molecule has 2 aliphatic heterocycles. The minimum atomic E-state index is -3.83. The molecule has 0 aromatic heterocycles. The number of halogens is 4. The predicted molar refractivity (Wildman–Crippen MR) is 78.1 cm³/mol. The minimum absolute atomic E-state index is 0.210. The quantitative estimate of drug-likeness (QED) is 0.305. The standard InChI is InChI=1S/C10H11Cl4NO5S/c1-8(2)10(14,7(17)20-4-9(11,12)13)15-5(16)3-6(15)21(8,18)19/h6H,3-4H2,1-2H3/t6-,10+/m1/s1. The zero-order chi connectivity index (χ0) is 16.4. The number of nitrogens with zero attached hydrogens (tertiary/aromatic N) is 1. The molecule has 0 radical (unpaired) electrons. The normalized spacial score (nSPS) is 33.3. The lowest BCUT2D eigenvalue weighted by Crippen LogP contribution is -2.64. The molecular weight excluding hydrogens is 388 g/mol. The molecule has 0 bridgehead atoms. The highest BCUT2D eigenvalue weighted by Crippen LogP contribution is 2.55. The molecule has 21 heavy (non-hydrogen) atoms. The van der Waals surface area contributed by atoms with E-state index < -0.39 is 47.2 Å². The number of rotatable bonds is 2. The van der Waals surface area contributed by atoms with E-state index in [2.05, 4.69) is 0 Å². The van der Waals surface area contributed by atoms with Gasteiger partial charge < -0.3 is 4.74 Å². The highest BCUT2D eigenvalue weighted by Gasteiger charge is 2.77. The monoisotopic (exact) mass is 397 g/mol. The van der Waals surface area contributed by atoms with Crippen LogP contribution in [0.2, 0.25) is 0 Å². The summed E-state index contributed by atoms with van der Waals surface area (Å²) in [5.74, 6) is -1.69. The van der Waals surface area contributed by atoms with E-state index >= 15 is 0 Å². The topological polar surface area (TPSA) is 80.8 Å². The van der Waals surface area contributed by atoms with Gasteiger partial charge in [0, 0.05) is 0 Å². The lowest BCUT2D eigenvalue weighted by molar-refractivity contribution is -0.164. The van der Waals surface area contributed by atoms with Crippen LogP contribution in [-0.2, 0) is 24.2 Å². The molecule has 0 saturated carbocycles. The highest BCUT2D eigenvalue weighted by atomic mass is 35.6. The Morgan fingerprint density at radius 1 is 1.43 bits per heavy atom. The number of carbonyl (C=O) groups is 2. The van der Waals surface area contributed by atoms with Gasteiger partial charge in [-0.25, -0.2) is 13.2 Å². The summed E-state index contributed by atoms with van der Waals surface area (Å²) in [6, 6.07) is 0. The molecule has 2 rings (SSSR count). The number of hydrogen-bond acceptors (Lipinski definition) is 5. The van der Waals surface area contributed by atoms with Crippen LogP contribution in [0.3, 0.4) is 0 Å². The number of fused-ring (bicyclic) bond motifs is 1.